The molecule has 7 heteroatoms. The minimum Gasteiger partial charge on any atom is -0.346 e. The highest BCUT2D eigenvalue weighted by Crippen LogP contribution is 2.32. The monoisotopic (exact) mass is 443 g/mol. The molecule has 5 heterocycles. The molecule has 7 nitrogen and oxygen atoms in total. The standard InChI is InChI=1S/C27H21N7/c1-16-33-23-14-30-22-6-4-17(19-10-18-8-9-29-26(18)32-12-19)11-21(22)25(23)34(16)20-5-7-24(31-13-20)27(2,3)15-28/h4-14H,1-3H3,(H,29,32). The van der Waals surface area contributed by atoms with Crippen LogP contribution >= 0.6 is 0 Å². The molecule has 0 aliphatic carbocycles. The summed E-state index contributed by atoms with van der Waals surface area (Å²) in [6.45, 7) is 5.72. The molecule has 0 amide bonds. The molecule has 0 spiro atoms. The first kappa shape index (κ1) is 20.1. The van der Waals surface area contributed by atoms with E-state index in [2.05, 4.69) is 48.8 Å². The number of hydrogen-bond acceptors (Lipinski definition) is 5. The predicted molar refractivity (Wildman–Crippen MR) is 133 cm³/mol. The van der Waals surface area contributed by atoms with Crippen molar-refractivity contribution in [2.45, 2.75) is 26.2 Å². The Kier molecular flexibility index (Phi) is 4.26. The van der Waals surface area contributed by atoms with Crippen molar-refractivity contribution in [2.75, 3.05) is 0 Å². The molecule has 0 aliphatic heterocycles. The zero-order valence-electron chi connectivity index (χ0n) is 19.0. The van der Waals surface area contributed by atoms with E-state index >= 15 is 0 Å². The van der Waals surface area contributed by atoms with E-state index in [9.17, 15) is 5.26 Å². The molecule has 0 saturated carbocycles. The average Bonchev–Trinajstić information content (AvgIpc) is 3.47. The summed E-state index contributed by atoms with van der Waals surface area (Å²) in [6.07, 6.45) is 7.40. The van der Waals surface area contributed by atoms with Gasteiger partial charge in [-0.3, -0.25) is 14.5 Å². The Morgan fingerprint density at radius 3 is 2.59 bits per heavy atom. The van der Waals surface area contributed by atoms with E-state index in [4.69, 9.17) is 4.98 Å². The number of imidazole rings is 1. The van der Waals surface area contributed by atoms with E-state index in [1.165, 1.54) is 0 Å². The smallest absolute Gasteiger partial charge is 0.137 e. The molecule has 5 aromatic heterocycles. The first-order valence-electron chi connectivity index (χ1n) is 11.0. The van der Waals surface area contributed by atoms with Crippen LogP contribution < -0.4 is 0 Å². The van der Waals surface area contributed by atoms with Gasteiger partial charge in [-0.1, -0.05) is 6.07 Å². The summed E-state index contributed by atoms with van der Waals surface area (Å²) in [6, 6.07) is 16.6. The topological polar surface area (TPSA) is 96.1 Å². The SMILES string of the molecule is Cc1nc2cnc3ccc(-c4cnc5[nH]ccc5c4)cc3c2n1-c1ccc(C(C)(C)C#N)nc1. The van der Waals surface area contributed by atoms with E-state index < -0.39 is 5.41 Å². The lowest BCUT2D eigenvalue weighted by molar-refractivity contribution is 0.659. The van der Waals surface area contributed by atoms with Crippen LogP contribution in [0, 0.1) is 18.3 Å². The van der Waals surface area contributed by atoms with Crippen LogP contribution in [0.15, 0.2) is 67.3 Å². The Morgan fingerprint density at radius 2 is 1.79 bits per heavy atom. The van der Waals surface area contributed by atoms with Gasteiger partial charge < -0.3 is 4.98 Å². The molecule has 6 rings (SSSR count). The van der Waals surface area contributed by atoms with Crippen LogP contribution in [0.2, 0.25) is 0 Å². The molecular formula is C27H21N7. The third-order valence-corrected chi connectivity index (χ3v) is 6.31. The lowest BCUT2D eigenvalue weighted by Crippen LogP contribution is -2.16. The zero-order valence-corrected chi connectivity index (χ0v) is 19.0. The van der Waals surface area contributed by atoms with E-state index in [0.29, 0.717) is 0 Å². The van der Waals surface area contributed by atoms with E-state index in [1.54, 1.807) is 0 Å². The minimum absolute atomic E-state index is 0.648. The molecule has 0 atom stereocenters. The molecule has 0 fully saturated rings. The summed E-state index contributed by atoms with van der Waals surface area (Å²) in [5.41, 5.74) is 6.65. The van der Waals surface area contributed by atoms with Crippen LogP contribution in [0.5, 0.6) is 0 Å². The Balaban J connectivity index is 1.56. The Hall–Kier alpha value is -4.57. The fourth-order valence-corrected chi connectivity index (χ4v) is 4.41. The molecule has 164 valence electrons. The number of aromatic amines is 1. The lowest BCUT2D eigenvalue weighted by Gasteiger charge is -2.15. The Labute approximate surface area is 195 Å². The quantitative estimate of drug-likeness (QED) is 0.383. The highest BCUT2D eigenvalue weighted by atomic mass is 15.1. The molecular weight excluding hydrogens is 422 g/mol. The molecule has 6 aromatic rings. The number of benzene rings is 1. The highest BCUT2D eigenvalue weighted by molar-refractivity contribution is 6.04. The van der Waals surface area contributed by atoms with Gasteiger partial charge in [-0.15, -0.1) is 0 Å². The first-order chi connectivity index (χ1) is 16.4. The number of nitriles is 1. The fraction of sp³-hybridized carbons (Fsp3) is 0.148. The van der Waals surface area contributed by atoms with Gasteiger partial charge in [0, 0.05) is 28.7 Å². The summed E-state index contributed by atoms with van der Waals surface area (Å²) in [5.74, 6) is 0.846. The number of nitrogens with zero attached hydrogens (tertiary/aromatic N) is 6. The van der Waals surface area contributed by atoms with Crippen molar-refractivity contribution in [2.24, 2.45) is 0 Å². The van der Waals surface area contributed by atoms with Gasteiger partial charge >= 0.3 is 0 Å². The minimum atomic E-state index is -0.648. The van der Waals surface area contributed by atoms with Gasteiger partial charge in [-0.05, 0) is 62.7 Å². The number of nitrogens with one attached hydrogen (secondary N) is 1. The average molecular weight is 444 g/mol. The molecule has 34 heavy (non-hydrogen) atoms. The second-order valence-corrected chi connectivity index (χ2v) is 9.00. The van der Waals surface area contributed by atoms with Crippen molar-refractivity contribution in [1.29, 1.82) is 5.26 Å². The van der Waals surface area contributed by atoms with E-state index in [-0.39, 0.29) is 0 Å². The van der Waals surface area contributed by atoms with Gasteiger partial charge in [0.1, 0.15) is 17.0 Å². The number of rotatable bonds is 3. The number of aromatic nitrogens is 6. The maximum Gasteiger partial charge on any atom is 0.137 e. The molecule has 1 N–H and O–H groups in total. The molecule has 0 aliphatic rings. The highest BCUT2D eigenvalue weighted by Gasteiger charge is 2.22. The van der Waals surface area contributed by atoms with Crippen LogP contribution in [0.1, 0.15) is 25.4 Å². The molecule has 0 radical (unpaired) electrons. The van der Waals surface area contributed by atoms with Crippen molar-refractivity contribution < 1.29 is 0 Å². The molecule has 0 unspecified atom stereocenters. The summed E-state index contributed by atoms with van der Waals surface area (Å²) in [7, 11) is 0. The maximum absolute atomic E-state index is 9.45. The van der Waals surface area contributed by atoms with Gasteiger partial charge in [0.2, 0.25) is 0 Å². The van der Waals surface area contributed by atoms with Crippen LogP contribution in [-0.2, 0) is 5.41 Å². The van der Waals surface area contributed by atoms with E-state index in [0.717, 1.165) is 61.3 Å². The summed E-state index contributed by atoms with van der Waals surface area (Å²) in [5, 5.41) is 11.5. The first-order valence-corrected chi connectivity index (χ1v) is 11.0. The van der Waals surface area contributed by atoms with Crippen LogP contribution in [-0.4, -0.2) is 29.5 Å². The van der Waals surface area contributed by atoms with Crippen LogP contribution in [0.4, 0.5) is 0 Å². The van der Waals surface area contributed by atoms with E-state index in [1.807, 2.05) is 69.8 Å². The number of aryl methyl sites for hydroxylation is 1. The third-order valence-electron chi connectivity index (χ3n) is 6.31. The van der Waals surface area contributed by atoms with Gasteiger partial charge in [0.15, 0.2) is 0 Å². The van der Waals surface area contributed by atoms with Crippen LogP contribution in [0.25, 0.3) is 49.8 Å². The normalized spacial score (nSPS) is 11.9. The van der Waals surface area contributed by atoms with Crippen molar-refractivity contribution in [3.63, 3.8) is 0 Å². The number of pyridine rings is 3. The molecule has 0 saturated heterocycles. The summed E-state index contributed by atoms with van der Waals surface area (Å²) >= 11 is 0. The fourth-order valence-electron chi connectivity index (χ4n) is 4.41. The number of H-pyrrole nitrogens is 1. The Bertz CT molecular complexity index is 1750. The summed E-state index contributed by atoms with van der Waals surface area (Å²) in [4.78, 5) is 21.7. The van der Waals surface area contributed by atoms with Gasteiger partial charge in [0.25, 0.3) is 0 Å². The largest absolute Gasteiger partial charge is 0.346 e. The van der Waals surface area contributed by atoms with Crippen molar-refractivity contribution in [3.8, 4) is 22.9 Å². The lowest BCUT2D eigenvalue weighted by atomic mass is 9.91. The van der Waals surface area contributed by atoms with Crippen molar-refractivity contribution in [1.82, 2.24) is 29.5 Å². The molecule has 0 bridgehead atoms. The zero-order chi connectivity index (χ0) is 23.4. The predicted octanol–water partition coefficient (Wildman–Crippen LogP) is 5.62. The van der Waals surface area contributed by atoms with Gasteiger partial charge in [-0.2, -0.15) is 5.26 Å². The Morgan fingerprint density at radius 1 is 0.912 bits per heavy atom. The number of hydrogen-bond donors (Lipinski definition) is 1. The third kappa shape index (κ3) is 3.04. The second kappa shape index (κ2) is 7.22. The second-order valence-electron chi connectivity index (χ2n) is 9.00. The van der Waals surface area contributed by atoms with Crippen molar-refractivity contribution >= 4 is 33.0 Å². The van der Waals surface area contributed by atoms with Crippen molar-refractivity contribution in [3.05, 3.63) is 78.8 Å². The maximum atomic E-state index is 9.45. The molecule has 1 aromatic carbocycles. The summed E-state index contributed by atoms with van der Waals surface area (Å²) < 4.78 is 2.10. The van der Waals surface area contributed by atoms with Gasteiger partial charge in [-0.25, -0.2) is 9.97 Å². The number of fused-ring (bicyclic) bond motifs is 4. The van der Waals surface area contributed by atoms with Crippen LogP contribution in [0.3, 0.4) is 0 Å². The van der Waals surface area contributed by atoms with Gasteiger partial charge in [0.05, 0.1) is 46.3 Å².